The van der Waals surface area contributed by atoms with Gasteiger partial charge in [-0.2, -0.15) is 0 Å². The van der Waals surface area contributed by atoms with Crippen LogP contribution >= 0.6 is 0 Å². The van der Waals surface area contributed by atoms with Gasteiger partial charge in [0.2, 0.25) is 5.96 Å². The van der Waals surface area contributed by atoms with E-state index in [1.165, 1.54) is 12.1 Å². The summed E-state index contributed by atoms with van der Waals surface area (Å²) < 4.78 is 15.7. The molecule has 33 heavy (non-hydrogen) atoms. The number of benzene rings is 2. The van der Waals surface area contributed by atoms with Crippen molar-refractivity contribution in [3.8, 4) is 5.75 Å². The summed E-state index contributed by atoms with van der Waals surface area (Å²) in [6, 6.07) is 14.9. The number of carbonyl (C=O) groups is 3. The Hall–Kier alpha value is -3.88. The highest BCUT2D eigenvalue weighted by molar-refractivity contribution is 6.06. The van der Waals surface area contributed by atoms with Crippen molar-refractivity contribution in [2.24, 2.45) is 4.99 Å². The Morgan fingerprint density at radius 3 is 1.91 bits per heavy atom. The van der Waals surface area contributed by atoms with Crippen LogP contribution in [0.3, 0.4) is 0 Å². The van der Waals surface area contributed by atoms with Gasteiger partial charge in [0.05, 0.1) is 5.56 Å². The molecule has 0 saturated carbocycles. The summed E-state index contributed by atoms with van der Waals surface area (Å²) in [5.74, 6) is -0.293. The van der Waals surface area contributed by atoms with Crippen LogP contribution in [0.4, 0.5) is 15.3 Å². The van der Waals surface area contributed by atoms with E-state index in [-0.39, 0.29) is 5.96 Å². The van der Waals surface area contributed by atoms with Gasteiger partial charge in [-0.05, 0) is 77.9 Å². The molecule has 0 aliphatic rings. The van der Waals surface area contributed by atoms with E-state index in [0.717, 1.165) is 0 Å². The van der Waals surface area contributed by atoms with E-state index < -0.39 is 29.4 Å². The summed E-state index contributed by atoms with van der Waals surface area (Å²) in [4.78, 5) is 40.4. The predicted octanol–water partition coefficient (Wildman–Crippen LogP) is 5.13. The highest BCUT2D eigenvalue weighted by atomic mass is 16.6. The molecule has 9 heteroatoms. The van der Waals surface area contributed by atoms with Crippen molar-refractivity contribution in [3.05, 3.63) is 60.2 Å². The summed E-state index contributed by atoms with van der Waals surface area (Å²) >= 11 is 0. The van der Waals surface area contributed by atoms with E-state index >= 15 is 0 Å². The topological polar surface area (TPSA) is 115 Å². The first kappa shape index (κ1) is 25.4. The number of hydrogen-bond acceptors (Lipinski definition) is 6. The molecule has 2 aromatic carbocycles. The molecule has 0 bridgehead atoms. The molecule has 2 rings (SSSR count). The second kappa shape index (κ2) is 10.6. The van der Waals surface area contributed by atoms with Crippen molar-refractivity contribution in [3.63, 3.8) is 0 Å². The van der Waals surface area contributed by atoms with Crippen molar-refractivity contribution in [1.82, 2.24) is 5.32 Å². The minimum absolute atomic E-state index is 0.196. The lowest BCUT2D eigenvalue weighted by atomic mass is 10.2. The van der Waals surface area contributed by atoms with Crippen LogP contribution in [-0.4, -0.2) is 35.3 Å². The van der Waals surface area contributed by atoms with Crippen molar-refractivity contribution in [1.29, 1.82) is 0 Å². The number of aliphatic imine (C=N–C) groups is 1. The number of anilines is 1. The van der Waals surface area contributed by atoms with Gasteiger partial charge in [-0.15, -0.1) is 4.99 Å². The number of guanidine groups is 1. The molecular formula is C24H29N3O6. The molecule has 0 atom stereocenters. The third kappa shape index (κ3) is 9.86. The quantitative estimate of drug-likeness (QED) is 0.285. The van der Waals surface area contributed by atoms with E-state index in [1.807, 2.05) is 6.07 Å². The Balaban J connectivity index is 2.14. The zero-order valence-electron chi connectivity index (χ0n) is 19.6. The van der Waals surface area contributed by atoms with E-state index in [2.05, 4.69) is 15.6 Å². The molecule has 0 unspecified atom stereocenters. The molecule has 0 fully saturated rings. The number of esters is 1. The average molecular weight is 456 g/mol. The number of para-hydroxylation sites is 1. The van der Waals surface area contributed by atoms with Crippen molar-refractivity contribution < 1.29 is 28.6 Å². The fourth-order valence-electron chi connectivity index (χ4n) is 2.34. The highest BCUT2D eigenvalue weighted by Gasteiger charge is 2.20. The molecule has 2 aromatic rings. The van der Waals surface area contributed by atoms with Gasteiger partial charge < -0.3 is 19.5 Å². The standard InChI is InChI=1S/C24H29N3O6/c1-23(2,3)32-21(29)26-20(27-22(30)33-24(4,5)6)25-17-14-12-16(13-15-17)19(28)31-18-10-8-7-9-11-18/h7-15H,1-6H3,(H2,25,26,27,29,30). The van der Waals surface area contributed by atoms with Crippen LogP contribution < -0.4 is 15.4 Å². The third-order valence-electron chi connectivity index (χ3n) is 3.55. The van der Waals surface area contributed by atoms with E-state index in [9.17, 15) is 14.4 Å². The first-order valence-corrected chi connectivity index (χ1v) is 10.3. The van der Waals surface area contributed by atoms with Crippen LogP contribution in [0.15, 0.2) is 59.6 Å². The second-order valence-corrected chi connectivity index (χ2v) is 8.97. The van der Waals surface area contributed by atoms with Gasteiger partial charge in [0.25, 0.3) is 0 Å². The van der Waals surface area contributed by atoms with Crippen LogP contribution in [0.2, 0.25) is 0 Å². The molecule has 2 N–H and O–H groups in total. The average Bonchev–Trinajstić information content (AvgIpc) is 2.66. The van der Waals surface area contributed by atoms with E-state index in [4.69, 9.17) is 14.2 Å². The number of ether oxygens (including phenoxy) is 3. The normalized spacial score (nSPS) is 11.9. The van der Waals surface area contributed by atoms with Gasteiger partial charge in [0.1, 0.15) is 17.0 Å². The van der Waals surface area contributed by atoms with Crippen LogP contribution in [0.1, 0.15) is 51.9 Å². The number of nitrogens with one attached hydrogen (secondary N) is 2. The Morgan fingerprint density at radius 1 is 0.788 bits per heavy atom. The third-order valence-corrected chi connectivity index (χ3v) is 3.55. The molecule has 0 spiro atoms. The Bertz CT molecular complexity index is 1000. The smallest absolute Gasteiger partial charge is 0.437 e. The maximum Gasteiger partial charge on any atom is 0.437 e. The molecule has 0 aliphatic carbocycles. The molecule has 0 radical (unpaired) electrons. The van der Waals surface area contributed by atoms with Crippen LogP contribution in [0.25, 0.3) is 0 Å². The lowest BCUT2D eigenvalue weighted by molar-refractivity contribution is 0.0561. The van der Waals surface area contributed by atoms with E-state index in [1.54, 1.807) is 77.9 Å². The highest BCUT2D eigenvalue weighted by Crippen LogP contribution is 2.15. The largest absolute Gasteiger partial charge is 0.444 e. The second-order valence-electron chi connectivity index (χ2n) is 8.97. The number of carbonyl (C=O) groups excluding carboxylic acids is 3. The first-order valence-electron chi connectivity index (χ1n) is 10.3. The van der Waals surface area contributed by atoms with Gasteiger partial charge in [-0.3, -0.25) is 5.32 Å². The Kier molecular flexibility index (Phi) is 8.17. The van der Waals surface area contributed by atoms with Crippen LogP contribution in [-0.2, 0) is 9.47 Å². The Morgan fingerprint density at radius 2 is 1.36 bits per heavy atom. The first-order chi connectivity index (χ1) is 15.3. The maximum absolute atomic E-state index is 12.3. The predicted molar refractivity (Wildman–Crippen MR) is 125 cm³/mol. The minimum Gasteiger partial charge on any atom is -0.444 e. The number of hydrogen-bond donors (Lipinski definition) is 2. The summed E-state index contributed by atoms with van der Waals surface area (Å²) in [5, 5.41) is 5.21. The fourth-order valence-corrected chi connectivity index (χ4v) is 2.34. The molecule has 0 aromatic heterocycles. The maximum atomic E-state index is 12.3. The van der Waals surface area contributed by atoms with Crippen LogP contribution in [0, 0.1) is 0 Å². The van der Waals surface area contributed by atoms with Crippen molar-refractivity contribution >= 4 is 29.8 Å². The molecular weight excluding hydrogens is 426 g/mol. The molecule has 176 valence electrons. The Labute approximate surface area is 193 Å². The number of nitrogens with zero attached hydrogens (tertiary/aromatic N) is 1. The van der Waals surface area contributed by atoms with Gasteiger partial charge in [0, 0.05) is 5.69 Å². The van der Waals surface area contributed by atoms with Crippen LogP contribution in [0.5, 0.6) is 5.75 Å². The summed E-state index contributed by atoms with van der Waals surface area (Å²) in [7, 11) is 0. The van der Waals surface area contributed by atoms with Gasteiger partial charge in [-0.25, -0.2) is 14.4 Å². The molecule has 0 heterocycles. The molecule has 0 saturated heterocycles. The van der Waals surface area contributed by atoms with Crippen molar-refractivity contribution in [2.75, 3.05) is 5.32 Å². The summed E-state index contributed by atoms with van der Waals surface area (Å²) in [5.41, 5.74) is -0.750. The zero-order chi connectivity index (χ0) is 24.6. The van der Waals surface area contributed by atoms with Crippen molar-refractivity contribution in [2.45, 2.75) is 52.7 Å². The zero-order valence-corrected chi connectivity index (χ0v) is 19.6. The lowest BCUT2D eigenvalue weighted by Gasteiger charge is -2.21. The molecule has 9 nitrogen and oxygen atoms in total. The monoisotopic (exact) mass is 455 g/mol. The SMILES string of the molecule is CC(C)(C)OC(=O)N=C(NC(=O)OC(C)(C)C)Nc1ccc(C(=O)Oc2ccccc2)cc1. The summed E-state index contributed by atoms with van der Waals surface area (Å²) in [6.45, 7) is 10.2. The minimum atomic E-state index is -0.899. The van der Waals surface area contributed by atoms with Gasteiger partial charge in [-0.1, -0.05) is 18.2 Å². The molecule has 2 amide bonds. The fraction of sp³-hybridized carbons (Fsp3) is 0.333. The summed E-state index contributed by atoms with van der Waals surface area (Å²) in [6.07, 6.45) is -1.70. The van der Waals surface area contributed by atoms with Gasteiger partial charge >= 0.3 is 18.2 Å². The molecule has 0 aliphatic heterocycles. The van der Waals surface area contributed by atoms with Gasteiger partial charge in [0.15, 0.2) is 0 Å². The number of alkyl carbamates (subject to hydrolysis) is 1. The number of rotatable bonds is 3. The van der Waals surface area contributed by atoms with E-state index in [0.29, 0.717) is 17.0 Å². The lowest BCUT2D eigenvalue weighted by Crippen LogP contribution is -2.40. The number of amides is 2.